The first-order chi connectivity index (χ1) is 8.09. The summed E-state index contributed by atoms with van der Waals surface area (Å²) in [5, 5.41) is 27.7. The second kappa shape index (κ2) is 4.17. The SMILES string of the molecule is Cc1cn[nH]c1NC(=O)c1cccc(O)c1O. The molecule has 1 amide bonds. The largest absolute Gasteiger partial charge is 0.504 e. The van der Waals surface area contributed by atoms with E-state index in [4.69, 9.17) is 0 Å². The number of anilines is 1. The fraction of sp³-hybridized carbons (Fsp3) is 0.0909. The summed E-state index contributed by atoms with van der Waals surface area (Å²) >= 11 is 0. The third kappa shape index (κ3) is 2.05. The Kier molecular flexibility index (Phi) is 2.70. The second-order valence-corrected chi connectivity index (χ2v) is 3.56. The molecule has 0 saturated heterocycles. The Bertz CT molecular complexity index is 563. The smallest absolute Gasteiger partial charge is 0.260 e. The van der Waals surface area contributed by atoms with Crippen molar-refractivity contribution >= 4 is 11.7 Å². The second-order valence-electron chi connectivity index (χ2n) is 3.56. The van der Waals surface area contributed by atoms with Crippen LogP contribution in [0.2, 0.25) is 0 Å². The summed E-state index contributed by atoms with van der Waals surface area (Å²) in [4.78, 5) is 11.8. The van der Waals surface area contributed by atoms with E-state index in [9.17, 15) is 15.0 Å². The molecular formula is C11H11N3O3. The molecule has 88 valence electrons. The summed E-state index contributed by atoms with van der Waals surface area (Å²) < 4.78 is 0. The Morgan fingerprint density at radius 3 is 2.82 bits per heavy atom. The van der Waals surface area contributed by atoms with E-state index in [1.54, 1.807) is 13.1 Å². The van der Waals surface area contributed by atoms with Crippen LogP contribution in [0.15, 0.2) is 24.4 Å². The lowest BCUT2D eigenvalue weighted by atomic mass is 10.1. The number of nitrogens with one attached hydrogen (secondary N) is 2. The molecule has 0 unspecified atom stereocenters. The van der Waals surface area contributed by atoms with Crippen molar-refractivity contribution in [3.8, 4) is 11.5 Å². The van der Waals surface area contributed by atoms with Gasteiger partial charge in [0.2, 0.25) is 0 Å². The number of H-pyrrole nitrogens is 1. The topological polar surface area (TPSA) is 98.2 Å². The van der Waals surface area contributed by atoms with Gasteiger partial charge in [0.05, 0.1) is 11.8 Å². The normalized spacial score (nSPS) is 10.2. The first-order valence-electron chi connectivity index (χ1n) is 4.92. The maximum absolute atomic E-state index is 11.8. The Hall–Kier alpha value is -2.50. The van der Waals surface area contributed by atoms with Crippen LogP contribution in [0.3, 0.4) is 0 Å². The van der Waals surface area contributed by atoms with Gasteiger partial charge < -0.3 is 15.5 Å². The van der Waals surface area contributed by atoms with E-state index in [2.05, 4.69) is 15.5 Å². The van der Waals surface area contributed by atoms with Crippen molar-refractivity contribution < 1.29 is 15.0 Å². The highest BCUT2D eigenvalue weighted by Crippen LogP contribution is 2.28. The number of aromatic hydroxyl groups is 2. The van der Waals surface area contributed by atoms with Gasteiger partial charge in [0.15, 0.2) is 11.5 Å². The minimum Gasteiger partial charge on any atom is -0.504 e. The van der Waals surface area contributed by atoms with Crippen molar-refractivity contribution in [2.24, 2.45) is 0 Å². The van der Waals surface area contributed by atoms with Gasteiger partial charge in [0.1, 0.15) is 5.82 Å². The lowest BCUT2D eigenvalue weighted by Crippen LogP contribution is -2.13. The summed E-state index contributed by atoms with van der Waals surface area (Å²) in [6.45, 7) is 1.78. The average molecular weight is 233 g/mol. The average Bonchev–Trinajstić information content (AvgIpc) is 2.68. The molecule has 17 heavy (non-hydrogen) atoms. The molecule has 6 nitrogen and oxygen atoms in total. The molecule has 1 aromatic heterocycles. The van der Waals surface area contributed by atoms with Crippen molar-refractivity contribution in [2.45, 2.75) is 6.92 Å². The summed E-state index contributed by atoms with van der Waals surface area (Å²) in [6.07, 6.45) is 1.57. The van der Waals surface area contributed by atoms with Crippen molar-refractivity contribution in [2.75, 3.05) is 5.32 Å². The molecule has 0 fully saturated rings. The minimum absolute atomic E-state index is 0.000926. The molecule has 0 saturated carbocycles. The predicted molar refractivity (Wildman–Crippen MR) is 61.0 cm³/mol. The Labute approximate surface area is 96.9 Å². The molecule has 0 aliphatic carbocycles. The Morgan fingerprint density at radius 2 is 2.18 bits per heavy atom. The zero-order valence-corrected chi connectivity index (χ0v) is 9.06. The number of rotatable bonds is 2. The molecule has 4 N–H and O–H groups in total. The van der Waals surface area contributed by atoms with Gasteiger partial charge in [-0.3, -0.25) is 9.89 Å². The van der Waals surface area contributed by atoms with E-state index in [1.807, 2.05) is 0 Å². The van der Waals surface area contributed by atoms with Crippen molar-refractivity contribution in [3.05, 3.63) is 35.5 Å². The maximum Gasteiger partial charge on any atom is 0.260 e. The third-order valence-electron chi connectivity index (χ3n) is 2.33. The molecule has 0 bridgehead atoms. The first-order valence-corrected chi connectivity index (χ1v) is 4.92. The lowest BCUT2D eigenvalue weighted by molar-refractivity contribution is 0.102. The summed E-state index contributed by atoms with van der Waals surface area (Å²) in [5.74, 6) is -0.843. The number of carbonyl (C=O) groups is 1. The zero-order valence-electron chi connectivity index (χ0n) is 9.06. The zero-order chi connectivity index (χ0) is 12.4. The van der Waals surface area contributed by atoms with Crippen molar-refractivity contribution in [1.82, 2.24) is 10.2 Å². The van der Waals surface area contributed by atoms with Gasteiger partial charge in [-0.05, 0) is 19.1 Å². The van der Waals surface area contributed by atoms with E-state index in [1.165, 1.54) is 18.2 Å². The van der Waals surface area contributed by atoms with Crippen LogP contribution in [0.25, 0.3) is 0 Å². The van der Waals surface area contributed by atoms with Gasteiger partial charge in [0.25, 0.3) is 5.91 Å². The molecule has 6 heteroatoms. The van der Waals surface area contributed by atoms with Crippen LogP contribution in [-0.2, 0) is 0 Å². The van der Waals surface area contributed by atoms with E-state index < -0.39 is 11.7 Å². The van der Waals surface area contributed by atoms with E-state index in [0.717, 1.165) is 5.56 Å². The molecule has 2 aromatic rings. The molecular weight excluding hydrogens is 222 g/mol. The molecule has 1 aromatic carbocycles. The molecule has 1 heterocycles. The summed E-state index contributed by atoms with van der Waals surface area (Å²) in [6, 6.07) is 4.19. The number of nitrogens with zero attached hydrogens (tertiary/aromatic N) is 1. The number of hydrogen-bond acceptors (Lipinski definition) is 4. The summed E-state index contributed by atoms with van der Waals surface area (Å²) in [5.41, 5.74) is 0.775. The van der Waals surface area contributed by atoms with Crippen LogP contribution in [0.5, 0.6) is 11.5 Å². The van der Waals surface area contributed by atoms with E-state index in [0.29, 0.717) is 5.82 Å². The number of amides is 1. The highest BCUT2D eigenvalue weighted by Gasteiger charge is 2.15. The van der Waals surface area contributed by atoms with Crippen molar-refractivity contribution in [3.63, 3.8) is 0 Å². The van der Waals surface area contributed by atoms with Crippen LogP contribution in [0, 0.1) is 6.92 Å². The molecule has 2 rings (SSSR count). The third-order valence-corrected chi connectivity index (χ3v) is 2.33. The predicted octanol–water partition coefficient (Wildman–Crippen LogP) is 1.38. The van der Waals surface area contributed by atoms with E-state index >= 15 is 0 Å². The quantitative estimate of drug-likeness (QED) is 0.589. The number of benzene rings is 1. The summed E-state index contributed by atoms with van der Waals surface area (Å²) in [7, 11) is 0. The number of phenols is 2. The van der Waals surface area contributed by atoms with Crippen LogP contribution >= 0.6 is 0 Å². The van der Waals surface area contributed by atoms with Crippen LogP contribution in [0.4, 0.5) is 5.82 Å². The first kappa shape index (κ1) is 11.0. The lowest BCUT2D eigenvalue weighted by Gasteiger charge is -2.06. The molecule has 0 spiro atoms. The Balaban J connectivity index is 2.27. The number of para-hydroxylation sites is 1. The van der Waals surface area contributed by atoms with Gasteiger partial charge in [0, 0.05) is 5.56 Å². The van der Waals surface area contributed by atoms with Gasteiger partial charge in [-0.15, -0.1) is 0 Å². The number of aromatic amines is 1. The van der Waals surface area contributed by atoms with Gasteiger partial charge in [-0.2, -0.15) is 5.10 Å². The van der Waals surface area contributed by atoms with Gasteiger partial charge in [-0.1, -0.05) is 6.07 Å². The number of aromatic nitrogens is 2. The number of phenolic OH excluding ortho intramolecular Hbond substituents is 2. The molecule has 0 aliphatic heterocycles. The molecule has 0 atom stereocenters. The molecule has 0 aliphatic rings. The van der Waals surface area contributed by atoms with E-state index in [-0.39, 0.29) is 11.3 Å². The highest BCUT2D eigenvalue weighted by molar-refractivity contribution is 6.06. The highest BCUT2D eigenvalue weighted by atomic mass is 16.3. The Morgan fingerprint density at radius 1 is 1.41 bits per heavy atom. The van der Waals surface area contributed by atoms with Gasteiger partial charge >= 0.3 is 0 Å². The van der Waals surface area contributed by atoms with Crippen LogP contribution in [-0.4, -0.2) is 26.3 Å². The number of carbonyl (C=O) groups excluding carboxylic acids is 1. The number of aryl methyl sites for hydroxylation is 1. The minimum atomic E-state index is -0.522. The fourth-order valence-electron chi connectivity index (χ4n) is 1.37. The fourth-order valence-corrected chi connectivity index (χ4v) is 1.37. The number of hydrogen-bond donors (Lipinski definition) is 4. The standard InChI is InChI=1S/C11H11N3O3/c1-6-5-12-14-10(6)13-11(17)7-3-2-4-8(15)9(7)16/h2-5,15-16H,1H3,(H2,12,13,14,17). The van der Waals surface area contributed by atoms with Crippen molar-refractivity contribution in [1.29, 1.82) is 0 Å². The van der Waals surface area contributed by atoms with Crippen LogP contribution < -0.4 is 5.32 Å². The maximum atomic E-state index is 11.8. The van der Waals surface area contributed by atoms with Gasteiger partial charge in [-0.25, -0.2) is 0 Å². The molecule has 0 radical (unpaired) electrons. The monoisotopic (exact) mass is 233 g/mol. The van der Waals surface area contributed by atoms with Crippen LogP contribution in [0.1, 0.15) is 15.9 Å².